The van der Waals surface area contributed by atoms with Crippen molar-refractivity contribution in [2.75, 3.05) is 12.3 Å². The van der Waals surface area contributed by atoms with Gasteiger partial charge in [0.2, 0.25) is 0 Å². The third-order valence-electron chi connectivity index (χ3n) is 4.91. The van der Waals surface area contributed by atoms with Gasteiger partial charge >= 0.3 is 10.3 Å². The van der Waals surface area contributed by atoms with E-state index in [1.165, 1.54) is 41.4 Å². The number of carbonyl (C=O) groups is 1. The van der Waals surface area contributed by atoms with Crippen LogP contribution in [0.3, 0.4) is 0 Å². The first-order chi connectivity index (χ1) is 15.2. The highest BCUT2D eigenvalue weighted by atomic mass is 32.2. The van der Waals surface area contributed by atoms with E-state index in [0.29, 0.717) is 11.0 Å². The molecule has 0 spiro atoms. The van der Waals surface area contributed by atoms with Crippen LogP contribution < -0.4 is 10.5 Å². The minimum absolute atomic E-state index is 0.216. The van der Waals surface area contributed by atoms with Crippen LogP contribution in [0, 0.1) is 0 Å². The number of nitrogens with one attached hydrogen (secondary N) is 1. The lowest BCUT2D eigenvalue weighted by Crippen LogP contribution is -2.37. The van der Waals surface area contributed by atoms with Crippen molar-refractivity contribution in [3.05, 3.63) is 48.4 Å². The number of benzene rings is 1. The van der Waals surface area contributed by atoms with Gasteiger partial charge in [-0.15, -0.1) is 0 Å². The average Bonchev–Trinajstić information content (AvgIpc) is 3.29. The van der Waals surface area contributed by atoms with Crippen molar-refractivity contribution in [2.24, 2.45) is 0 Å². The standard InChI is InChI=1S/C18H19N5O8S/c19-15-10-5-6-23(16(10)21-8-20-15)18-14(26)13(25)12(31-18)7-30-32(28,29)22-17(27)9-3-1-2-4-11(9)24/h1-6,8,12-14,18,24-26H,7H2,(H,22,27)(H2,19,20,21)/t12-,13-,14-,18-/m1/s1. The molecule has 14 heteroatoms. The molecule has 0 aliphatic carbocycles. The summed E-state index contributed by atoms with van der Waals surface area (Å²) in [6.07, 6.45) is -2.53. The van der Waals surface area contributed by atoms with Gasteiger partial charge in [0, 0.05) is 6.20 Å². The van der Waals surface area contributed by atoms with E-state index in [1.54, 1.807) is 10.8 Å². The number of rotatable bonds is 6. The van der Waals surface area contributed by atoms with E-state index in [-0.39, 0.29) is 11.4 Å². The van der Waals surface area contributed by atoms with E-state index >= 15 is 0 Å². The lowest BCUT2D eigenvalue weighted by atomic mass is 10.1. The maximum absolute atomic E-state index is 12.1. The van der Waals surface area contributed by atoms with Crippen LogP contribution in [-0.2, 0) is 19.2 Å². The molecule has 0 radical (unpaired) electrons. The van der Waals surface area contributed by atoms with Crippen LogP contribution in [0.4, 0.5) is 5.82 Å². The highest BCUT2D eigenvalue weighted by Crippen LogP contribution is 2.33. The van der Waals surface area contributed by atoms with Crippen molar-refractivity contribution >= 4 is 33.1 Å². The number of ether oxygens (including phenoxy) is 1. The van der Waals surface area contributed by atoms with Crippen LogP contribution >= 0.6 is 0 Å². The fraction of sp³-hybridized carbons (Fsp3) is 0.278. The minimum Gasteiger partial charge on any atom is -0.507 e. The first-order valence-corrected chi connectivity index (χ1v) is 10.7. The van der Waals surface area contributed by atoms with Gasteiger partial charge in [-0.2, -0.15) is 8.42 Å². The molecule has 1 aliphatic heterocycles. The van der Waals surface area contributed by atoms with Gasteiger partial charge in [0.05, 0.1) is 17.6 Å². The van der Waals surface area contributed by atoms with E-state index in [9.17, 15) is 28.5 Å². The number of nitrogens with two attached hydrogens (primary N) is 1. The molecule has 1 aromatic carbocycles. The SMILES string of the molecule is Nc1ncnc2c1ccn2[C@@H]1O[C@H](COS(=O)(=O)NC(=O)c2ccccc2O)[C@@H](O)[C@H]1O. The van der Waals surface area contributed by atoms with E-state index < -0.39 is 53.1 Å². The first-order valence-electron chi connectivity index (χ1n) is 9.26. The van der Waals surface area contributed by atoms with Gasteiger partial charge < -0.3 is 30.4 Å². The van der Waals surface area contributed by atoms with Gasteiger partial charge in [-0.25, -0.2) is 14.7 Å². The molecular formula is C18H19N5O8S. The van der Waals surface area contributed by atoms with Gasteiger partial charge in [-0.1, -0.05) is 12.1 Å². The number of hydrogen-bond donors (Lipinski definition) is 5. The van der Waals surface area contributed by atoms with Crippen LogP contribution in [-0.4, -0.2) is 69.1 Å². The second-order valence-corrected chi connectivity index (χ2v) is 8.30. The van der Waals surface area contributed by atoms with Crippen molar-refractivity contribution in [1.82, 2.24) is 19.3 Å². The summed E-state index contributed by atoms with van der Waals surface area (Å²) >= 11 is 0. The normalized spacial score (nSPS) is 23.4. The van der Waals surface area contributed by atoms with E-state index in [2.05, 4.69) is 9.97 Å². The summed E-state index contributed by atoms with van der Waals surface area (Å²) < 4.78 is 37.7. The number of phenolic OH excluding ortho intramolecular Hbond substituents is 1. The Morgan fingerprint density at radius 2 is 1.97 bits per heavy atom. The number of phenols is 1. The highest BCUT2D eigenvalue weighted by Gasteiger charge is 2.45. The largest absolute Gasteiger partial charge is 0.507 e. The second-order valence-electron chi connectivity index (χ2n) is 6.95. The number of hydrogen-bond acceptors (Lipinski definition) is 11. The lowest BCUT2D eigenvalue weighted by Gasteiger charge is -2.17. The smallest absolute Gasteiger partial charge is 0.362 e. The molecule has 1 amide bonds. The number of anilines is 1. The summed E-state index contributed by atoms with van der Waals surface area (Å²) in [5.41, 5.74) is 5.87. The first kappa shape index (κ1) is 21.9. The Morgan fingerprint density at radius 3 is 2.72 bits per heavy atom. The van der Waals surface area contributed by atoms with Crippen molar-refractivity contribution in [3.63, 3.8) is 0 Å². The molecule has 3 heterocycles. The molecule has 13 nitrogen and oxygen atoms in total. The molecule has 0 unspecified atom stereocenters. The maximum Gasteiger partial charge on any atom is 0.362 e. The van der Waals surface area contributed by atoms with Crippen LogP contribution in [0.2, 0.25) is 0 Å². The Morgan fingerprint density at radius 1 is 1.22 bits per heavy atom. The number of fused-ring (bicyclic) bond motifs is 1. The zero-order valence-electron chi connectivity index (χ0n) is 16.3. The summed E-state index contributed by atoms with van der Waals surface area (Å²) in [6, 6.07) is 6.95. The van der Waals surface area contributed by atoms with Gasteiger partial charge in [-0.05, 0) is 18.2 Å². The zero-order valence-corrected chi connectivity index (χ0v) is 17.1. The predicted octanol–water partition coefficient (Wildman–Crippen LogP) is -0.970. The Balaban J connectivity index is 1.44. The molecule has 170 valence electrons. The maximum atomic E-state index is 12.1. The quantitative estimate of drug-likeness (QED) is 0.300. The Bertz CT molecular complexity index is 1260. The monoisotopic (exact) mass is 465 g/mol. The van der Waals surface area contributed by atoms with Crippen molar-refractivity contribution in [3.8, 4) is 5.75 Å². The third kappa shape index (κ3) is 4.09. The van der Waals surface area contributed by atoms with Gasteiger partial charge in [0.1, 0.15) is 41.9 Å². The third-order valence-corrected chi connectivity index (χ3v) is 5.79. The van der Waals surface area contributed by atoms with Crippen LogP contribution in [0.1, 0.15) is 16.6 Å². The van der Waals surface area contributed by atoms with Gasteiger partial charge in [0.15, 0.2) is 6.23 Å². The molecule has 4 rings (SSSR count). The number of nitrogen functional groups attached to an aromatic ring is 1. The van der Waals surface area contributed by atoms with E-state index in [1.807, 2.05) is 0 Å². The number of aromatic nitrogens is 3. The Hall–Kier alpha value is -3.30. The number of para-hydroxylation sites is 1. The fourth-order valence-corrected chi connectivity index (χ4v) is 4.02. The number of aromatic hydroxyl groups is 1. The van der Waals surface area contributed by atoms with Gasteiger partial charge in [-0.3, -0.25) is 8.98 Å². The number of carbonyl (C=O) groups excluding carboxylic acids is 1. The van der Waals surface area contributed by atoms with E-state index in [4.69, 9.17) is 14.7 Å². The summed E-state index contributed by atoms with van der Waals surface area (Å²) in [7, 11) is -4.61. The second kappa shape index (κ2) is 8.33. The molecule has 4 atom stereocenters. The molecule has 1 saturated heterocycles. The van der Waals surface area contributed by atoms with Crippen molar-refractivity contribution < 1.29 is 37.5 Å². The highest BCUT2D eigenvalue weighted by molar-refractivity contribution is 7.85. The molecular weight excluding hydrogens is 446 g/mol. The molecule has 1 aliphatic rings. The van der Waals surface area contributed by atoms with Crippen LogP contribution in [0.5, 0.6) is 5.75 Å². The summed E-state index contributed by atoms with van der Waals surface area (Å²) in [4.78, 5) is 20.0. The molecule has 32 heavy (non-hydrogen) atoms. The molecule has 1 fully saturated rings. The zero-order chi connectivity index (χ0) is 23.0. The number of aliphatic hydroxyl groups excluding tert-OH is 2. The minimum atomic E-state index is -4.61. The Kier molecular flexibility index (Phi) is 5.70. The average molecular weight is 465 g/mol. The van der Waals surface area contributed by atoms with Crippen LogP contribution in [0.25, 0.3) is 11.0 Å². The van der Waals surface area contributed by atoms with Crippen LogP contribution in [0.15, 0.2) is 42.9 Å². The molecule has 2 aromatic heterocycles. The molecule has 3 aromatic rings. The number of nitrogens with zero attached hydrogens (tertiary/aromatic N) is 3. The number of amides is 1. The topological polar surface area (TPSA) is 199 Å². The van der Waals surface area contributed by atoms with Gasteiger partial charge in [0.25, 0.3) is 5.91 Å². The summed E-state index contributed by atoms with van der Waals surface area (Å²) in [6.45, 7) is -0.700. The lowest BCUT2D eigenvalue weighted by molar-refractivity contribution is -0.0466. The summed E-state index contributed by atoms with van der Waals surface area (Å²) in [5.74, 6) is -1.30. The predicted molar refractivity (Wildman–Crippen MR) is 108 cm³/mol. The molecule has 6 N–H and O–H groups in total. The van der Waals surface area contributed by atoms with E-state index in [0.717, 1.165) is 0 Å². The fourth-order valence-electron chi connectivity index (χ4n) is 3.31. The van der Waals surface area contributed by atoms with Crippen molar-refractivity contribution in [2.45, 2.75) is 24.5 Å². The summed E-state index contributed by atoms with van der Waals surface area (Å²) in [5, 5.41) is 30.9. The van der Waals surface area contributed by atoms with Crippen molar-refractivity contribution in [1.29, 1.82) is 0 Å². The Labute approximate surface area is 181 Å². The molecule has 0 bridgehead atoms. The number of aliphatic hydroxyl groups is 2. The molecule has 0 saturated carbocycles.